The summed E-state index contributed by atoms with van der Waals surface area (Å²) in [5, 5.41) is 11.2. The number of ketones is 1. The lowest BCUT2D eigenvalue weighted by Gasteiger charge is -2.11. The number of Topliss-reactive ketones (excluding diaryl/α,β-unsaturated/α-hetero) is 1. The van der Waals surface area contributed by atoms with Crippen LogP contribution in [-0.2, 0) is 0 Å². The highest BCUT2D eigenvalue weighted by atomic mass is 16.3. The van der Waals surface area contributed by atoms with Gasteiger partial charge in [-0.2, -0.15) is 4.57 Å². The van der Waals surface area contributed by atoms with Crippen molar-refractivity contribution in [3.63, 3.8) is 0 Å². The van der Waals surface area contributed by atoms with Crippen LogP contribution >= 0.6 is 0 Å². The van der Waals surface area contributed by atoms with Crippen molar-refractivity contribution in [2.24, 2.45) is 0 Å². The summed E-state index contributed by atoms with van der Waals surface area (Å²) in [4.78, 5) is 12.6. The predicted molar refractivity (Wildman–Crippen MR) is 74.8 cm³/mol. The molecular weight excluding hydrogens is 250 g/mol. The first kappa shape index (κ1) is 14.0. The number of hydrogen-bond donors (Lipinski definition) is 0. The Morgan fingerprint density at radius 1 is 1.15 bits per heavy atom. The van der Waals surface area contributed by atoms with Crippen LogP contribution in [-0.4, -0.2) is 5.78 Å². The molecule has 3 heteroatoms. The second kappa shape index (κ2) is 6.66. The second-order valence-corrected chi connectivity index (χ2v) is 4.62. The molecule has 1 aromatic carbocycles. The minimum absolute atomic E-state index is 0.0132. The van der Waals surface area contributed by atoms with Crippen LogP contribution in [0.1, 0.15) is 29.7 Å². The van der Waals surface area contributed by atoms with Crippen LogP contribution in [0.25, 0.3) is 0 Å². The Hall–Kier alpha value is -2.42. The predicted octanol–water partition coefficient (Wildman–Crippen LogP) is 2.05. The molecule has 20 heavy (non-hydrogen) atoms. The summed E-state index contributed by atoms with van der Waals surface area (Å²) < 4.78 is 1.84. The molecule has 0 aliphatic rings. The van der Waals surface area contributed by atoms with Crippen molar-refractivity contribution < 1.29 is 14.5 Å². The van der Waals surface area contributed by atoms with Gasteiger partial charge >= 0.3 is 0 Å². The molecule has 102 valence electrons. The van der Waals surface area contributed by atoms with Gasteiger partial charge in [0, 0.05) is 24.1 Å². The van der Waals surface area contributed by atoms with Crippen molar-refractivity contribution in [1.29, 1.82) is 0 Å². The van der Waals surface area contributed by atoms with Gasteiger partial charge in [-0.1, -0.05) is 49.4 Å². The van der Waals surface area contributed by atoms with E-state index >= 15 is 0 Å². The summed E-state index contributed by atoms with van der Waals surface area (Å²) >= 11 is 0. The van der Waals surface area contributed by atoms with Gasteiger partial charge in [0.05, 0.1) is 0 Å². The van der Waals surface area contributed by atoms with Crippen LogP contribution in [0, 0.1) is 0 Å². The Kier molecular flexibility index (Phi) is 4.66. The number of nitrogens with zero attached hydrogens (tertiary/aromatic N) is 1. The van der Waals surface area contributed by atoms with E-state index in [1.807, 2.05) is 53.4 Å². The van der Waals surface area contributed by atoms with Crippen LogP contribution in [0.3, 0.4) is 0 Å². The van der Waals surface area contributed by atoms with Gasteiger partial charge in [-0.25, -0.2) is 0 Å². The minimum Gasteiger partial charge on any atom is -0.876 e. The third-order valence-electron chi connectivity index (χ3n) is 3.09. The summed E-state index contributed by atoms with van der Waals surface area (Å²) in [6.45, 7) is 1.50. The van der Waals surface area contributed by atoms with Crippen molar-refractivity contribution in [1.82, 2.24) is 0 Å². The van der Waals surface area contributed by atoms with E-state index in [2.05, 4.69) is 0 Å². The number of carbonyl (C=O) groups is 1. The molecule has 1 heterocycles. The number of benzene rings is 1. The number of carbonyl (C=O) groups excluding carboxylic acids is 1. The Labute approximate surface area is 118 Å². The van der Waals surface area contributed by atoms with Crippen LogP contribution in [0.15, 0.2) is 72.8 Å². The number of allylic oxidation sites excluding steroid dienone is 2. The van der Waals surface area contributed by atoms with Crippen LogP contribution in [0.4, 0.5) is 0 Å². The normalized spacial score (nSPS) is 12.9. The fourth-order valence-corrected chi connectivity index (χ4v) is 2.06. The molecule has 1 atom stereocenters. The monoisotopic (exact) mass is 267 g/mol. The molecule has 0 aliphatic heterocycles. The van der Waals surface area contributed by atoms with E-state index in [0.29, 0.717) is 12.0 Å². The number of pyridine rings is 1. The molecule has 1 unspecified atom stereocenters. The topological polar surface area (TPSA) is 44.0 Å². The molecule has 2 aromatic rings. The molecular formula is C17H17NO2. The molecule has 3 nitrogen and oxygen atoms in total. The van der Waals surface area contributed by atoms with Gasteiger partial charge in [-0.15, -0.1) is 5.76 Å². The Morgan fingerprint density at radius 3 is 2.35 bits per heavy atom. The highest BCUT2D eigenvalue weighted by molar-refractivity contribution is 5.98. The van der Waals surface area contributed by atoms with Gasteiger partial charge in [0.15, 0.2) is 12.4 Å². The second-order valence-electron chi connectivity index (χ2n) is 4.62. The number of hydrogen-bond acceptors (Lipinski definition) is 2. The highest BCUT2D eigenvalue weighted by Gasteiger charge is 2.26. The summed E-state index contributed by atoms with van der Waals surface area (Å²) in [6.07, 6.45) is 5.65. The van der Waals surface area contributed by atoms with Crippen LogP contribution in [0.2, 0.25) is 0 Å². The molecule has 0 bridgehead atoms. The minimum atomic E-state index is -0.387. The van der Waals surface area contributed by atoms with E-state index in [-0.39, 0.29) is 17.6 Å². The van der Waals surface area contributed by atoms with Crippen molar-refractivity contribution in [3.8, 4) is 0 Å². The lowest BCUT2D eigenvalue weighted by atomic mass is 10.0. The molecule has 2 rings (SSSR count). The molecule has 0 aliphatic carbocycles. The maximum atomic E-state index is 12.6. The molecule has 0 radical (unpaired) electrons. The maximum absolute atomic E-state index is 12.6. The van der Waals surface area contributed by atoms with Gasteiger partial charge in [0.25, 0.3) is 0 Å². The smallest absolute Gasteiger partial charge is 0.230 e. The molecule has 0 N–H and O–H groups in total. The molecule has 0 saturated heterocycles. The van der Waals surface area contributed by atoms with Crippen LogP contribution in [0.5, 0.6) is 0 Å². The maximum Gasteiger partial charge on any atom is 0.230 e. The fourth-order valence-electron chi connectivity index (χ4n) is 2.06. The molecule has 1 aromatic heterocycles. The van der Waals surface area contributed by atoms with E-state index in [1.165, 1.54) is 6.92 Å². The SMILES string of the molecule is C/C([O-])=C/CC(C(=O)c1ccccc1)[n+]1ccccc1. The first-order valence-electron chi connectivity index (χ1n) is 6.57. The summed E-state index contributed by atoms with van der Waals surface area (Å²) in [5.41, 5.74) is 0.658. The van der Waals surface area contributed by atoms with E-state index in [4.69, 9.17) is 0 Å². The van der Waals surface area contributed by atoms with Crippen molar-refractivity contribution in [3.05, 3.63) is 78.3 Å². The van der Waals surface area contributed by atoms with E-state index in [1.54, 1.807) is 18.2 Å². The van der Waals surface area contributed by atoms with E-state index in [0.717, 1.165) is 0 Å². The Bertz CT molecular complexity index is 587. The summed E-state index contributed by atoms with van der Waals surface area (Å²) in [6, 6.07) is 14.4. The highest BCUT2D eigenvalue weighted by Crippen LogP contribution is 2.13. The third-order valence-corrected chi connectivity index (χ3v) is 3.09. The van der Waals surface area contributed by atoms with Gasteiger partial charge in [0.1, 0.15) is 0 Å². The standard InChI is InChI=1S/C17H17NO2/c1-14(19)10-11-16(18-12-6-3-7-13-18)17(20)15-8-4-2-5-9-15/h2-10,12-13,16H,11H2,1H3/b14-10-. The summed E-state index contributed by atoms with van der Waals surface area (Å²) in [7, 11) is 0. The molecule has 0 spiro atoms. The molecule has 0 fully saturated rings. The lowest BCUT2D eigenvalue weighted by molar-refractivity contribution is -0.707. The lowest BCUT2D eigenvalue weighted by Crippen LogP contribution is -2.43. The van der Waals surface area contributed by atoms with Gasteiger partial charge in [-0.3, -0.25) is 4.79 Å². The van der Waals surface area contributed by atoms with Gasteiger partial charge < -0.3 is 5.11 Å². The Balaban J connectivity index is 2.32. The van der Waals surface area contributed by atoms with Crippen molar-refractivity contribution >= 4 is 5.78 Å². The van der Waals surface area contributed by atoms with Crippen molar-refractivity contribution in [2.45, 2.75) is 19.4 Å². The average Bonchev–Trinajstić information content (AvgIpc) is 2.49. The van der Waals surface area contributed by atoms with E-state index in [9.17, 15) is 9.90 Å². The molecule has 0 amide bonds. The van der Waals surface area contributed by atoms with Gasteiger partial charge in [-0.05, 0) is 0 Å². The molecule has 0 saturated carbocycles. The number of aromatic nitrogens is 1. The summed E-state index contributed by atoms with van der Waals surface area (Å²) in [5.74, 6) is -0.00769. The quantitative estimate of drug-likeness (QED) is 0.473. The van der Waals surface area contributed by atoms with Crippen molar-refractivity contribution in [2.75, 3.05) is 0 Å². The zero-order chi connectivity index (χ0) is 14.4. The third kappa shape index (κ3) is 3.54. The fraction of sp³-hybridized carbons (Fsp3) is 0.176. The first-order chi connectivity index (χ1) is 9.68. The largest absolute Gasteiger partial charge is 0.876 e. The first-order valence-corrected chi connectivity index (χ1v) is 6.57. The van der Waals surface area contributed by atoms with Crippen LogP contribution < -0.4 is 9.67 Å². The van der Waals surface area contributed by atoms with E-state index < -0.39 is 0 Å². The van der Waals surface area contributed by atoms with Gasteiger partial charge in [0.2, 0.25) is 11.8 Å². The zero-order valence-electron chi connectivity index (χ0n) is 11.4. The average molecular weight is 267 g/mol. The Morgan fingerprint density at radius 2 is 1.75 bits per heavy atom. The number of rotatable bonds is 5. The zero-order valence-corrected chi connectivity index (χ0v) is 11.4.